The van der Waals surface area contributed by atoms with E-state index in [9.17, 15) is 0 Å². The quantitative estimate of drug-likeness (QED) is 0.835. The molecule has 1 aromatic heterocycles. The van der Waals surface area contributed by atoms with Gasteiger partial charge in [-0.3, -0.25) is 0 Å². The van der Waals surface area contributed by atoms with Crippen LogP contribution in [0.1, 0.15) is 65.1 Å². The Morgan fingerprint density at radius 2 is 1.90 bits per heavy atom. The van der Waals surface area contributed by atoms with E-state index in [1.807, 2.05) is 0 Å². The van der Waals surface area contributed by atoms with Gasteiger partial charge in [-0.15, -0.1) is 0 Å². The number of aromatic nitrogens is 2. The number of anilines is 1. The number of ether oxygens (including phenoxy) is 1. The number of hydrogen-bond acceptors (Lipinski definition) is 5. The van der Waals surface area contributed by atoms with Crippen LogP contribution in [0.3, 0.4) is 0 Å². The van der Waals surface area contributed by atoms with Crippen LogP contribution in [-0.2, 0) is 4.74 Å². The molecule has 4 nitrogen and oxygen atoms in total. The van der Waals surface area contributed by atoms with E-state index in [4.69, 9.17) is 9.72 Å². The average molecular weight is 295 g/mol. The van der Waals surface area contributed by atoms with E-state index in [2.05, 4.69) is 37.0 Å². The standard InChI is InChI=1S/C15H25N3OS/c1-11(2)12-16-13(20-17-12)18-9-14(3,4)19-15(10-18)7-5-6-8-15/h11H,5-10H2,1-4H3. The number of nitrogens with zero attached hydrogens (tertiary/aromatic N) is 3. The second-order valence-electron chi connectivity index (χ2n) is 7.20. The Morgan fingerprint density at radius 3 is 2.50 bits per heavy atom. The molecule has 1 saturated heterocycles. The maximum absolute atomic E-state index is 6.44. The van der Waals surface area contributed by atoms with Crippen molar-refractivity contribution in [2.45, 2.75) is 70.5 Å². The smallest absolute Gasteiger partial charge is 0.205 e. The van der Waals surface area contributed by atoms with Crippen LogP contribution in [-0.4, -0.2) is 33.6 Å². The van der Waals surface area contributed by atoms with Gasteiger partial charge in [0.2, 0.25) is 5.13 Å². The van der Waals surface area contributed by atoms with Crippen molar-refractivity contribution in [2.75, 3.05) is 18.0 Å². The third-order valence-electron chi connectivity index (χ3n) is 4.28. The van der Waals surface area contributed by atoms with Crippen LogP contribution in [0.25, 0.3) is 0 Å². The number of morpholine rings is 1. The average Bonchev–Trinajstić information content (AvgIpc) is 2.96. The first-order valence-electron chi connectivity index (χ1n) is 7.68. The largest absolute Gasteiger partial charge is 0.365 e. The third kappa shape index (κ3) is 2.70. The van der Waals surface area contributed by atoms with Crippen LogP contribution in [0.2, 0.25) is 0 Å². The van der Waals surface area contributed by atoms with Gasteiger partial charge in [0, 0.05) is 30.5 Å². The van der Waals surface area contributed by atoms with Gasteiger partial charge >= 0.3 is 0 Å². The summed E-state index contributed by atoms with van der Waals surface area (Å²) in [5.41, 5.74) is -0.0579. The van der Waals surface area contributed by atoms with Crippen molar-refractivity contribution in [3.63, 3.8) is 0 Å². The Balaban J connectivity index is 1.84. The lowest BCUT2D eigenvalue weighted by atomic mass is 9.94. The molecule has 1 spiro atoms. The molecule has 0 unspecified atom stereocenters. The van der Waals surface area contributed by atoms with Crippen LogP contribution in [0.5, 0.6) is 0 Å². The molecule has 1 aliphatic carbocycles. The van der Waals surface area contributed by atoms with Crippen LogP contribution in [0.15, 0.2) is 0 Å². The van der Waals surface area contributed by atoms with Gasteiger partial charge in [-0.1, -0.05) is 26.7 Å². The second kappa shape index (κ2) is 4.95. The van der Waals surface area contributed by atoms with E-state index in [1.165, 1.54) is 37.2 Å². The van der Waals surface area contributed by atoms with Gasteiger partial charge in [-0.05, 0) is 26.7 Å². The minimum absolute atomic E-state index is 0.0470. The number of rotatable bonds is 2. The molecule has 0 N–H and O–H groups in total. The van der Waals surface area contributed by atoms with E-state index >= 15 is 0 Å². The first-order chi connectivity index (χ1) is 9.39. The SMILES string of the molecule is CC(C)c1nsc(N2CC(C)(C)OC3(CCCC3)C2)n1. The zero-order chi connectivity index (χ0) is 14.4. The molecule has 0 radical (unpaired) electrons. The predicted molar refractivity (Wildman–Crippen MR) is 82.6 cm³/mol. The van der Waals surface area contributed by atoms with Crippen molar-refractivity contribution in [3.8, 4) is 0 Å². The van der Waals surface area contributed by atoms with Crippen LogP contribution < -0.4 is 4.90 Å². The number of hydrogen-bond donors (Lipinski definition) is 0. The Hall–Kier alpha value is -0.680. The van der Waals surface area contributed by atoms with Gasteiger partial charge in [-0.2, -0.15) is 4.37 Å². The molecule has 1 aromatic rings. The summed E-state index contributed by atoms with van der Waals surface area (Å²) in [5, 5.41) is 1.07. The van der Waals surface area contributed by atoms with Gasteiger partial charge in [0.05, 0.1) is 11.2 Å². The van der Waals surface area contributed by atoms with Gasteiger partial charge < -0.3 is 9.64 Å². The summed E-state index contributed by atoms with van der Waals surface area (Å²) in [6.07, 6.45) is 4.94. The van der Waals surface area contributed by atoms with Gasteiger partial charge in [-0.25, -0.2) is 4.98 Å². The molecule has 1 saturated carbocycles. The fraction of sp³-hybridized carbons (Fsp3) is 0.867. The monoisotopic (exact) mass is 295 g/mol. The zero-order valence-corrected chi connectivity index (χ0v) is 13.8. The molecule has 2 fully saturated rings. The molecule has 3 rings (SSSR count). The highest BCUT2D eigenvalue weighted by Crippen LogP contribution is 2.42. The molecule has 2 heterocycles. The van der Waals surface area contributed by atoms with Gasteiger partial charge in [0.25, 0.3) is 0 Å². The summed E-state index contributed by atoms with van der Waals surface area (Å²) in [7, 11) is 0. The molecule has 0 atom stereocenters. The summed E-state index contributed by atoms with van der Waals surface area (Å²) in [4.78, 5) is 7.13. The van der Waals surface area contributed by atoms with E-state index in [-0.39, 0.29) is 11.2 Å². The van der Waals surface area contributed by atoms with Crippen LogP contribution in [0, 0.1) is 0 Å². The Kier molecular flexibility index (Phi) is 3.53. The molecular weight excluding hydrogens is 270 g/mol. The van der Waals surface area contributed by atoms with Crippen molar-refractivity contribution >= 4 is 16.7 Å². The molecule has 2 aliphatic rings. The van der Waals surface area contributed by atoms with Crippen molar-refractivity contribution in [1.82, 2.24) is 9.36 Å². The fourth-order valence-electron chi connectivity index (χ4n) is 3.52. The maximum Gasteiger partial charge on any atom is 0.205 e. The zero-order valence-electron chi connectivity index (χ0n) is 13.0. The summed E-state index contributed by atoms with van der Waals surface area (Å²) >= 11 is 1.54. The van der Waals surface area contributed by atoms with Crippen molar-refractivity contribution in [1.29, 1.82) is 0 Å². The van der Waals surface area contributed by atoms with E-state index < -0.39 is 0 Å². The molecular formula is C15H25N3OS. The molecule has 5 heteroatoms. The minimum atomic E-state index is -0.105. The maximum atomic E-state index is 6.44. The summed E-state index contributed by atoms with van der Waals surface area (Å²) in [6, 6.07) is 0. The van der Waals surface area contributed by atoms with Gasteiger partial charge in [0.15, 0.2) is 0 Å². The van der Waals surface area contributed by atoms with Crippen molar-refractivity contribution < 1.29 is 4.74 Å². The van der Waals surface area contributed by atoms with Gasteiger partial charge in [0.1, 0.15) is 5.82 Å². The fourth-order valence-corrected chi connectivity index (χ4v) is 4.32. The van der Waals surface area contributed by atoms with E-state index in [0.717, 1.165) is 24.0 Å². The lowest BCUT2D eigenvalue weighted by molar-refractivity contribution is -0.148. The molecule has 0 bridgehead atoms. The highest BCUT2D eigenvalue weighted by atomic mass is 32.1. The normalized spacial score (nSPS) is 24.8. The first kappa shape index (κ1) is 14.3. The first-order valence-corrected chi connectivity index (χ1v) is 8.45. The van der Waals surface area contributed by atoms with E-state index in [1.54, 1.807) is 0 Å². The summed E-state index contributed by atoms with van der Waals surface area (Å²) in [5.74, 6) is 1.37. The second-order valence-corrected chi connectivity index (χ2v) is 7.93. The summed E-state index contributed by atoms with van der Waals surface area (Å²) in [6.45, 7) is 10.6. The Morgan fingerprint density at radius 1 is 1.20 bits per heavy atom. The molecule has 20 heavy (non-hydrogen) atoms. The minimum Gasteiger partial charge on any atom is -0.365 e. The molecule has 0 aromatic carbocycles. The molecule has 0 amide bonds. The van der Waals surface area contributed by atoms with Crippen LogP contribution >= 0.6 is 11.5 Å². The van der Waals surface area contributed by atoms with E-state index in [0.29, 0.717) is 5.92 Å². The van der Waals surface area contributed by atoms with Crippen molar-refractivity contribution in [3.05, 3.63) is 5.82 Å². The Labute approximate surface area is 125 Å². The lowest BCUT2D eigenvalue weighted by Crippen LogP contribution is -2.58. The lowest BCUT2D eigenvalue weighted by Gasteiger charge is -2.48. The molecule has 1 aliphatic heterocycles. The predicted octanol–water partition coefficient (Wildman–Crippen LogP) is 3.59. The highest BCUT2D eigenvalue weighted by Gasteiger charge is 2.46. The Bertz CT molecular complexity index is 477. The molecule has 112 valence electrons. The third-order valence-corrected chi connectivity index (χ3v) is 5.07. The summed E-state index contributed by atoms with van der Waals surface area (Å²) < 4.78 is 10.9. The van der Waals surface area contributed by atoms with Crippen molar-refractivity contribution in [2.24, 2.45) is 0 Å². The topological polar surface area (TPSA) is 38.2 Å². The van der Waals surface area contributed by atoms with Crippen LogP contribution in [0.4, 0.5) is 5.13 Å². The highest BCUT2D eigenvalue weighted by molar-refractivity contribution is 7.09.